The summed E-state index contributed by atoms with van der Waals surface area (Å²) >= 11 is 0. The summed E-state index contributed by atoms with van der Waals surface area (Å²) in [6, 6.07) is 23.0. The molecule has 0 spiro atoms. The summed E-state index contributed by atoms with van der Waals surface area (Å²) in [5.74, 6) is 0.633. The lowest BCUT2D eigenvalue weighted by Crippen LogP contribution is -2.42. The van der Waals surface area contributed by atoms with Crippen LogP contribution in [0.25, 0.3) is 16.9 Å². The second-order valence-electron chi connectivity index (χ2n) is 9.78. The highest BCUT2D eigenvalue weighted by Crippen LogP contribution is 2.26. The fourth-order valence-corrected chi connectivity index (χ4v) is 4.17. The van der Waals surface area contributed by atoms with Crippen molar-refractivity contribution in [3.05, 3.63) is 95.7 Å². The zero-order chi connectivity index (χ0) is 27.9. The van der Waals surface area contributed by atoms with E-state index in [1.807, 2.05) is 110 Å². The van der Waals surface area contributed by atoms with Gasteiger partial charge in [0.1, 0.15) is 12.3 Å². The van der Waals surface area contributed by atoms with Crippen LogP contribution < -0.4 is 10.1 Å². The van der Waals surface area contributed by atoms with E-state index in [4.69, 9.17) is 9.72 Å². The Bertz CT molecular complexity index is 1430. The molecule has 0 aliphatic carbocycles. The molecular formula is C31H35N5O3. The van der Waals surface area contributed by atoms with E-state index < -0.39 is 0 Å². The average molecular weight is 526 g/mol. The second kappa shape index (κ2) is 12.4. The standard InChI is InChI=1S/C31H35N5O3/c1-22-10-14-25(15-11-22)36-20-28(24-12-16-26(39-5)17-13-24)32-31(36)33-29(37)21-35(19-18-34(3)4)30(38)27-9-7-6-8-23(27)2/h6-17,20H,18-19,21H2,1-5H3,(H,32,33,37). The zero-order valence-corrected chi connectivity index (χ0v) is 23.1. The van der Waals surface area contributed by atoms with E-state index in [-0.39, 0.29) is 18.4 Å². The molecule has 8 heteroatoms. The van der Waals surface area contributed by atoms with Gasteiger partial charge in [-0.2, -0.15) is 0 Å². The van der Waals surface area contributed by atoms with Crippen molar-refractivity contribution in [2.45, 2.75) is 13.8 Å². The quantitative estimate of drug-likeness (QED) is 0.322. The molecule has 1 heterocycles. The van der Waals surface area contributed by atoms with Gasteiger partial charge in [-0.25, -0.2) is 4.98 Å². The highest BCUT2D eigenvalue weighted by atomic mass is 16.5. The van der Waals surface area contributed by atoms with Crippen molar-refractivity contribution in [2.75, 3.05) is 46.2 Å². The Morgan fingerprint density at radius 3 is 2.26 bits per heavy atom. The van der Waals surface area contributed by atoms with E-state index in [1.54, 1.807) is 18.1 Å². The highest BCUT2D eigenvalue weighted by molar-refractivity contribution is 6.00. The van der Waals surface area contributed by atoms with E-state index in [2.05, 4.69) is 5.32 Å². The van der Waals surface area contributed by atoms with Crippen LogP contribution in [0.3, 0.4) is 0 Å². The molecule has 8 nitrogen and oxygen atoms in total. The number of nitrogens with zero attached hydrogens (tertiary/aromatic N) is 4. The Balaban J connectivity index is 1.62. The number of nitrogens with one attached hydrogen (secondary N) is 1. The number of anilines is 1. The van der Waals surface area contributed by atoms with Gasteiger partial charge in [-0.1, -0.05) is 35.9 Å². The lowest BCUT2D eigenvalue weighted by molar-refractivity contribution is -0.117. The molecule has 0 aliphatic rings. The van der Waals surface area contributed by atoms with Crippen LogP contribution in [0.15, 0.2) is 79.0 Å². The lowest BCUT2D eigenvalue weighted by Gasteiger charge is -2.24. The van der Waals surface area contributed by atoms with Crippen LogP contribution in [0, 0.1) is 13.8 Å². The average Bonchev–Trinajstić information content (AvgIpc) is 3.34. The normalized spacial score (nSPS) is 10.9. The fourth-order valence-electron chi connectivity index (χ4n) is 4.17. The van der Waals surface area contributed by atoms with Crippen molar-refractivity contribution < 1.29 is 14.3 Å². The van der Waals surface area contributed by atoms with Gasteiger partial charge in [0.25, 0.3) is 5.91 Å². The van der Waals surface area contributed by atoms with E-state index in [0.29, 0.717) is 30.3 Å². The second-order valence-corrected chi connectivity index (χ2v) is 9.78. The highest BCUT2D eigenvalue weighted by Gasteiger charge is 2.22. The Morgan fingerprint density at radius 2 is 1.62 bits per heavy atom. The number of hydrogen-bond acceptors (Lipinski definition) is 5. The minimum absolute atomic E-state index is 0.0976. The van der Waals surface area contributed by atoms with Crippen LogP contribution in [0.4, 0.5) is 5.95 Å². The number of carbonyl (C=O) groups is 2. The smallest absolute Gasteiger partial charge is 0.254 e. The van der Waals surface area contributed by atoms with Gasteiger partial charge in [0.05, 0.1) is 12.8 Å². The van der Waals surface area contributed by atoms with E-state index in [1.165, 1.54) is 0 Å². The molecule has 1 aromatic heterocycles. The first-order valence-corrected chi connectivity index (χ1v) is 12.9. The molecule has 0 aliphatic heterocycles. The minimum atomic E-state index is -0.323. The van der Waals surface area contributed by atoms with Gasteiger partial charge in [0, 0.05) is 36.1 Å². The summed E-state index contributed by atoms with van der Waals surface area (Å²) in [6.45, 7) is 4.87. The maximum atomic E-state index is 13.4. The summed E-state index contributed by atoms with van der Waals surface area (Å²) in [5, 5.41) is 2.96. The van der Waals surface area contributed by atoms with Gasteiger partial charge in [0.2, 0.25) is 11.9 Å². The van der Waals surface area contributed by atoms with Gasteiger partial charge in [0.15, 0.2) is 0 Å². The van der Waals surface area contributed by atoms with E-state index >= 15 is 0 Å². The molecule has 0 bridgehead atoms. The predicted molar refractivity (Wildman–Crippen MR) is 155 cm³/mol. The molecule has 0 saturated heterocycles. The summed E-state index contributed by atoms with van der Waals surface area (Å²) in [5.41, 5.74) is 5.05. The largest absolute Gasteiger partial charge is 0.497 e. The first-order chi connectivity index (χ1) is 18.7. The maximum Gasteiger partial charge on any atom is 0.254 e. The van der Waals surface area contributed by atoms with Gasteiger partial charge in [-0.05, 0) is 76.0 Å². The van der Waals surface area contributed by atoms with Crippen molar-refractivity contribution in [3.63, 3.8) is 0 Å². The maximum absolute atomic E-state index is 13.4. The van der Waals surface area contributed by atoms with Gasteiger partial charge in [-0.3, -0.25) is 19.5 Å². The first-order valence-electron chi connectivity index (χ1n) is 12.9. The number of aromatic nitrogens is 2. The van der Waals surface area contributed by atoms with Gasteiger partial charge >= 0.3 is 0 Å². The molecule has 3 aromatic carbocycles. The summed E-state index contributed by atoms with van der Waals surface area (Å²) < 4.78 is 7.13. The topological polar surface area (TPSA) is 79.7 Å². The molecule has 0 saturated carbocycles. The summed E-state index contributed by atoms with van der Waals surface area (Å²) in [4.78, 5) is 35.1. The number of hydrogen-bond donors (Lipinski definition) is 1. The fraction of sp³-hybridized carbons (Fsp3) is 0.258. The van der Waals surface area contributed by atoms with Crippen LogP contribution in [0.1, 0.15) is 21.5 Å². The number of aryl methyl sites for hydroxylation is 2. The molecule has 1 N–H and O–H groups in total. The van der Waals surface area contributed by atoms with Crippen LogP contribution in [0.5, 0.6) is 5.75 Å². The number of likely N-dealkylation sites (N-methyl/N-ethyl adjacent to an activating group) is 1. The molecule has 0 unspecified atom stereocenters. The van der Waals surface area contributed by atoms with Crippen molar-refractivity contribution >= 4 is 17.8 Å². The van der Waals surface area contributed by atoms with Crippen molar-refractivity contribution in [2.24, 2.45) is 0 Å². The summed E-state index contributed by atoms with van der Waals surface area (Å²) in [6.07, 6.45) is 1.89. The van der Waals surface area contributed by atoms with Gasteiger partial charge in [-0.15, -0.1) is 0 Å². The summed E-state index contributed by atoms with van der Waals surface area (Å²) in [7, 11) is 5.51. The van der Waals surface area contributed by atoms with E-state index in [0.717, 1.165) is 28.1 Å². The van der Waals surface area contributed by atoms with Crippen LogP contribution in [-0.4, -0.2) is 72.0 Å². The number of benzene rings is 3. The van der Waals surface area contributed by atoms with Crippen molar-refractivity contribution in [1.82, 2.24) is 19.4 Å². The molecule has 0 atom stereocenters. The molecule has 2 amide bonds. The number of rotatable bonds is 10. The Kier molecular flexibility index (Phi) is 8.78. The third kappa shape index (κ3) is 6.91. The van der Waals surface area contributed by atoms with Crippen LogP contribution >= 0.6 is 0 Å². The zero-order valence-electron chi connectivity index (χ0n) is 23.1. The molecule has 39 heavy (non-hydrogen) atoms. The van der Waals surface area contributed by atoms with Gasteiger partial charge < -0.3 is 14.5 Å². The number of carbonyl (C=O) groups excluding carboxylic acids is 2. The molecule has 202 valence electrons. The SMILES string of the molecule is COc1ccc(-c2cn(-c3ccc(C)cc3)c(NC(=O)CN(CCN(C)C)C(=O)c3ccccc3C)n2)cc1. The van der Waals surface area contributed by atoms with Crippen LogP contribution in [0.2, 0.25) is 0 Å². The Morgan fingerprint density at radius 1 is 0.923 bits per heavy atom. The predicted octanol–water partition coefficient (Wildman–Crippen LogP) is 4.81. The Hall–Kier alpha value is -4.43. The number of imidazole rings is 1. The monoisotopic (exact) mass is 525 g/mol. The number of methoxy groups -OCH3 is 1. The lowest BCUT2D eigenvalue weighted by atomic mass is 10.1. The van der Waals surface area contributed by atoms with E-state index in [9.17, 15) is 9.59 Å². The molecule has 4 rings (SSSR count). The number of amides is 2. The third-order valence-corrected chi connectivity index (χ3v) is 6.47. The van der Waals surface area contributed by atoms with Crippen molar-refractivity contribution in [3.8, 4) is 22.7 Å². The molecular weight excluding hydrogens is 490 g/mol. The molecule has 0 radical (unpaired) electrons. The van der Waals surface area contributed by atoms with Crippen LogP contribution in [-0.2, 0) is 4.79 Å². The first kappa shape index (κ1) is 27.6. The molecule has 4 aromatic rings. The van der Waals surface area contributed by atoms with Crippen molar-refractivity contribution in [1.29, 1.82) is 0 Å². The Labute approximate surface area is 229 Å². The minimum Gasteiger partial charge on any atom is -0.497 e. The number of ether oxygens (including phenoxy) is 1. The molecule has 0 fully saturated rings. The third-order valence-electron chi connectivity index (χ3n) is 6.47.